The maximum atomic E-state index is 13.0. The van der Waals surface area contributed by atoms with Crippen molar-refractivity contribution in [3.63, 3.8) is 0 Å². The van der Waals surface area contributed by atoms with Crippen molar-refractivity contribution in [3.05, 3.63) is 70.5 Å². The molecule has 1 atom stereocenters. The van der Waals surface area contributed by atoms with Crippen molar-refractivity contribution in [2.45, 2.75) is 13.0 Å². The quantitative estimate of drug-likeness (QED) is 0.910. The number of rotatable bonds is 3. The van der Waals surface area contributed by atoms with E-state index in [1.165, 1.54) is 19.1 Å². The predicted octanol–water partition coefficient (Wildman–Crippen LogP) is 3.70. The minimum absolute atomic E-state index is 0.149. The number of hydrogen-bond donors (Lipinski definition) is 1. The summed E-state index contributed by atoms with van der Waals surface area (Å²) in [4.78, 5) is 11.3. The first kappa shape index (κ1) is 13.6. The molecule has 2 nitrogen and oxygen atoms in total. The van der Waals surface area contributed by atoms with E-state index >= 15 is 0 Å². The van der Waals surface area contributed by atoms with Gasteiger partial charge < -0.3 is 5.32 Å². The molecule has 1 N–H and O–H groups in total. The summed E-state index contributed by atoms with van der Waals surface area (Å²) in [5.74, 6) is -0.453. The summed E-state index contributed by atoms with van der Waals surface area (Å²) >= 11 is 5.85. The predicted molar refractivity (Wildman–Crippen MR) is 73.5 cm³/mol. The van der Waals surface area contributed by atoms with Crippen LogP contribution in [-0.4, -0.2) is 5.91 Å². The van der Waals surface area contributed by atoms with E-state index in [0.29, 0.717) is 5.02 Å². The third-order valence-electron chi connectivity index (χ3n) is 2.75. The maximum Gasteiger partial charge on any atom is 0.217 e. The first-order valence-electron chi connectivity index (χ1n) is 5.84. The van der Waals surface area contributed by atoms with Crippen LogP contribution in [0, 0.1) is 5.82 Å². The molecule has 0 aromatic heterocycles. The Labute approximate surface area is 116 Å². The van der Waals surface area contributed by atoms with Crippen LogP contribution in [-0.2, 0) is 4.79 Å². The lowest BCUT2D eigenvalue weighted by molar-refractivity contribution is -0.119. The summed E-state index contributed by atoms with van der Waals surface area (Å²) < 4.78 is 13.0. The molecule has 0 bridgehead atoms. The molecule has 0 aliphatic carbocycles. The first-order valence-corrected chi connectivity index (χ1v) is 6.22. The van der Waals surface area contributed by atoms with Crippen molar-refractivity contribution in [1.29, 1.82) is 0 Å². The van der Waals surface area contributed by atoms with Crippen LogP contribution in [0.15, 0.2) is 48.5 Å². The molecule has 0 spiro atoms. The second kappa shape index (κ2) is 5.85. The first-order chi connectivity index (χ1) is 9.06. The molecule has 0 unspecified atom stereocenters. The van der Waals surface area contributed by atoms with Gasteiger partial charge in [-0.1, -0.05) is 35.9 Å². The summed E-state index contributed by atoms with van der Waals surface area (Å²) in [5, 5.41) is 3.48. The van der Waals surface area contributed by atoms with Crippen LogP contribution in [0.25, 0.3) is 0 Å². The number of carbonyl (C=O) groups is 1. The van der Waals surface area contributed by atoms with E-state index in [1.54, 1.807) is 24.3 Å². The molecule has 0 heterocycles. The molecule has 98 valence electrons. The zero-order valence-electron chi connectivity index (χ0n) is 10.4. The minimum Gasteiger partial charge on any atom is -0.345 e. The largest absolute Gasteiger partial charge is 0.345 e. The van der Waals surface area contributed by atoms with Gasteiger partial charge in [-0.2, -0.15) is 0 Å². The molecule has 0 fully saturated rings. The van der Waals surface area contributed by atoms with Gasteiger partial charge in [-0.15, -0.1) is 0 Å². The lowest BCUT2D eigenvalue weighted by Crippen LogP contribution is -2.26. The number of carbonyl (C=O) groups excluding carboxylic acids is 1. The zero-order valence-corrected chi connectivity index (χ0v) is 11.1. The SMILES string of the molecule is CC(=O)N[C@H](c1ccc(F)cc1)c1ccc(Cl)cc1. The van der Waals surface area contributed by atoms with Crippen LogP contribution in [0.4, 0.5) is 4.39 Å². The lowest BCUT2D eigenvalue weighted by Gasteiger charge is -2.19. The lowest BCUT2D eigenvalue weighted by atomic mass is 9.98. The molecule has 2 aromatic rings. The van der Waals surface area contributed by atoms with Gasteiger partial charge in [0, 0.05) is 11.9 Å². The van der Waals surface area contributed by atoms with E-state index in [0.717, 1.165) is 11.1 Å². The standard InChI is InChI=1S/C15H13ClFNO/c1-10(19)18-15(11-2-6-13(16)7-3-11)12-4-8-14(17)9-5-12/h2-9,15H,1H3,(H,18,19)/t15-/m0/s1. The Hall–Kier alpha value is -1.87. The molecule has 0 aliphatic heterocycles. The summed E-state index contributed by atoms with van der Waals surface area (Å²) in [7, 11) is 0. The molecule has 0 saturated carbocycles. The minimum atomic E-state index is -0.310. The Morgan fingerprint density at radius 2 is 1.53 bits per heavy atom. The molecular weight excluding hydrogens is 265 g/mol. The average Bonchev–Trinajstić information content (AvgIpc) is 2.38. The Kier molecular flexibility index (Phi) is 4.17. The fourth-order valence-electron chi connectivity index (χ4n) is 1.87. The Balaban J connectivity index is 2.37. The number of amides is 1. The second-order valence-corrected chi connectivity index (χ2v) is 4.67. The Morgan fingerprint density at radius 3 is 2.00 bits per heavy atom. The number of hydrogen-bond acceptors (Lipinski definition) is 1. The van der Waals surface area contributed by atoms with Gasteiger partial charge in [0.15, 0.2) is 0 Å². The average molecular weight is 278 g/mol. The highest BCUT2D eigenvalue weighted by Gasteiger charge is 2.15. The molecular formula is C15H13ClFNO. The number of benzene rings is 2. The molecule has 4 heteroatoms. The van der Waals surface area contributed by atoms with E-state index in [9.17, 15) is 9.18 Å². The van der Waals surface area contributed by atoms with Crippen molar-refractivity contribution in [2.24, 2.45) is 0 Å². The summed E-state index contributed by atoms with van der Waals surface area (Å²) in [6, 6.07) is 13.0. The van der Waals surface area contributed by atoms with E-state index in [4.69, 9.17) is 11.6 Å². The van der Waals surface area contributed by atoms with Crippen molar-refractivity contribution in [3.8, 4) is 0 Å². The third kappa shape index (κ3) is 3.55. The molecule has 2 rings (SSSR count). The van der Waals surface area contributed by atoms with E-state index in [-0.39, 0.29) is 17.8 Å². The van der Waals surface area contributed by atoms with Crippen LogP contribution >= 0.6 is 11.6 Å². The van der Waals surface area contributed by atoms with E-state index in [2.05, 4.69) is 5.32 Å². The smallest absolute Gasteiger partial charge is 0.217 e. The summed E-state index contributed by atoms with van der Waals surface area (Å²) in [6.45, 7) is 1.45. The van der Waals surface area contributed by atoms with Crippen molar-refractivity contribution < 1.29 is 9.18 Å². The topological polar surface area (TPSA) is 29.1 Å². The fourth-order valence-corrected chi connectivity index (χ4v) is 2.00. The van der Waals surface area contributed by atoms with Gasteiger partial charge in [0.25, 0.3) is 0 Å². The monoisotopic (exact) mass is 277 g/mol. The second-order valence-electron chi connectivity index (χ2n) is 4.24. The van der Waals surface area contributed by atoms with Crippen LogP contribution in [0.2, 0.25) is 5.02 Å². The molecule has 0 aliphatic rings. The van der Waals surface area contributed by atoms with Gasteiger partial charge >= 0.3 is 0 Å². The molecule has 0 radical (unpaired) electrons. The number of nitrogens with one attached hydrogen (secondary N) is 1. The zero-order chi connectivity index (χ0) is 13.8. The third-order valence-corrected chi connectivity index (χ3v) is 3.01. The fraction of sp³-hybridized carbons (Fsp3) is 0.133. The summed E-state index contributed by atoms with van der Waals surface area (Å²) in [5.41, 5.74) is 1.71. The number of halogens is 2. The van der Waals surface area contributed by atoms with Gasteiger partial charge in [0.05, 0.1) is 6.04 Å². The van der Waals surface area contributed by atoms with E-state index < -0.39 is 0 Å². The normalized spacial score (nSPS) is 11.9. The van der Waals surface area contributed by atoms with Crippen molar-refractivity contribution in [2.75, 3.05) is 0 Å². The van der Waals surface area contributed by atoms with Crippen molar-refractivity contribution >= 4 is 17.5 Å². The Bertz CT molecular complexity index is 520. The van der Waals surface area contributed by atoms with Gasteiger partial charge in [-0.3, -0.25) is 4.79 Å². The van der Waals surface area contributed by atoms with Gasteiger partial charge in [-0.05, 0) is 35.4 Å². The van der Waals surface area contributed by atoms with E-state index in [1.807, 2.05) is 12.1 Å². The highest BCUT2D eigenvalue weighted by Crippen LogP contribution is 2.23. The van der Waals surface area contributed by atoms with Gasteiger partial charge in [0.2, 0.25) is 5.91 Å². The molecule has 0 saturated heterocycles. The van der Waals surface area contributed by atoms with Gasteiger partial charge in [0.1, 0.15) is 5.82 Å². The molecule has 19 heavy (non-hydrogen) atoms. The summed E-state index contributed by atoms with van der Waals surface area (Å²) in [6.07, 6.45) is 0. The highest BCUT2D eigenvalue weighted by molar-refractivity contribution is 6.30. The highest BCUT2D eigenvalue weighted by atomic mass is 35.5. The van der Waals surface area contributed by atoms with Crippen molar-refractivity contribution in [1.82, 2.24) is 5.32 Å². The van der Waals surface area contributed by atoms with Crippen LogP contribution < -0.4 is 5.32 Å². The van der Waals surface area contributed by atoms with Crippen LogP contribution in [0.1, 0.15) is 24.1 Å². The van der Waals surface area contributed by atoms with Gasteiger partial charge in [-0.25, -0.2) is 4.39 Å². The van der Waals surface area contributed by atoms with Crippen LogP contribution in [0.3, 0.4) is 0 Å². The maximum absolute atomic E-state index is 13.0. The molecule has 2 aromatic carbocycles. The molecule has 1 amide bonds. The van der Waals surface area contributed by atoms with Crippen LogP contribution in [0.5, 0.6) is 0 Å². The Morgan fingerprint density at radius 1 is 1.05 bits per heavy atom.